The first-order valence-corrected chi connectivity index (χ1v) is 7.03. The van der Waals surface area contributed by atoms with E-state index in [1.165, 1.54) is 16.9 Å². The third kappa shape index (κ3) is 3.44. The van der Waals surface area contributed by atoms with Crippen LogP contribution in [-0.4, -0.2) is 16.6 Å². The highest BCUT2D eigenvalue weighted by atomic mass is 32.1. The number of nitrogens with zero attached hydrogens (tertiary/aromatic N) is 1. The molecule has 0 atom stereocenters. The van der Waals surface area contributed by atoms with Crippen LogP contribution in [0.1, 0.15) is 31.9 Å². The second-order valence-electron chi connectivity index (χ2n) is 5.78. The molecule has 1 aromatic heterocycles. The number of amides is 2. The number of carbonyl (C=O) groups is 1. The lowest BCUT2D eigenvalue weighted by molar-refractivity contribution is 0.244. The van der Waals surface area contributed by atoms with E-state index in [0.717, 1.165) is 15.8 Å². The Hall–Kier alpha value is -1.62. The summed E-state index contributed by atoms with van der Waals surface area (Å²) in [4.78, 5) is 16.3. The van der Waals surface area contributed by atoms with Crippen LogP contribution in [0.5, 0.6) is 0 Å². The van der Waals surface area contributed by atoms with E-state index < -0.39 is 0 Å². The van der Waals surface area contributed by atoms with Gasteiger partial charge in [-0.05, 0) is 51.8 Å². The molecule has 5 heteroatoms. The smallest absolute Gasteiger partial charge is 0.321 e. The molecule has 0 radical (unpaired) electrons. The van der Waals surface area contributed by atoms with Crippen LogP contribution in [0, 0.1) is 13.8 Å². The fourth-order valence-corrected chi connectivity index (χ4v) is 2.93. The van der Waals surface area contributed by atoms with E-state index >= 15 is 0 Å². The Morgan fingerprint density at radius 3 is 2.58 bits per heavy atom. The Bertz CT molecular complexity index is 625. The maximum atomic E-state index is 11.8. The molecule has 0 saturated heterocycles. The molecule has 4 nitrogen and oxygen atoms in total. The summed E-state index contributed by atoms with van der Waals surface area (Å²) in [7, 11) is 0. The van der Waals surface area contributed by atoms with E-state index in [9.17, 15) is 4.79 Å². The molecule has 2 rings (SSSR count). The Morgan fingerprint density at radius 2 is 1.95 bits per heavy atom. The monoisotopic (exact) mass is 277 g/mol. The Labute approximate surface area is 117 Å². The molecule has 0 aliphatic rings. The number of benzene rings is 1. The largest absolute Gasteiger partial charge is 0.333 e. The molecule has 2 amide bonds. The second kappa shape index (κ2) is 4.81. The Morgan fingerprint density at radius 1 is 1.26 bits per heavy atom. The molecule has 0 saturated carbocycles. The molecular formula is C14H19N3OS. The highest BCUT2D eigenvalue weighted by Gasteiger charge is 2.15. The second-order valence-corrected chi connectivity index (χ2v) is 6.81. The predicted molar refractivity (Wildman–Crippen MR) is 81.0 cm³/mol. The lowest BCUT2D eigenvalue weighted by Crippen LogP contribution is -2.43. The van der Waals surface area contributed by atoms with Gasteiger partial charge in [-0.15, -0.1) is 0 Å². The highest BCUT2D eigenvalue weighted by molar-refractivity contribution is 7.22. The summed E-state index contributed by atoms with van der Waals surface area (Å²) < 4.78 is 1.10. The molecule has 0 aliphatic heterocycles. The summed E-state index contributed by atoms with van der Waals surface area (Å²) in [5, 5.41) is 6.28. The number of hydrogen-bond acceptors (Lipinski definition) is 3. The van der Waals surface area contributed by atoms with Crippen LogP contribution < -0.4 is 10.6 Å². The first-order chi connectivity index (χ1) is 8.74. The fraction of sp³-hybridized carbons (Fsp3) is 0.429. The van der Waals surface area contributed by atoms with Crippen LogP contribution in [0.25, 0.3) is 10.2 Å². The van der Waals surface area contributed by atoms with E-state index in [0.29, 0.717) is 5.13 Å². The Balaban J connectivity index is 2.23. The van der Waals surface area contributed by atoms with Crippen LogP contribution in [-0.2, 0) is 0 Å². The van der Waals surface area contributed by atoms with E-state index in [-0.39, 0.29) is 11.6 Å². The average molecular weight is 277 g/mol. The third-order valence-electron chi connectivity index (χ3n) is 2.54. The maximum Gasteiger partial charge on any atom is 0.321 e. The van der Waals surface area contributed by atoms with E-state index in [4.69, 9.17) is 0 Å². The van der Waals surface area contributed by atoms with Crippen molar-refractivity contribution >= 4 is 32.7 Å². The maximum absolute atomic E-state index is 11.8. The van der Waals surface area contributed by atoms with Crippen molar-refractivity contribution in [3.8, 4) is 0 Å². The average Bonchev–Trinajstić information content (AvgIpc) is 2.56. The van der Waals surface area contributed by atoms with Crippen molar-refractivity contribution in [3.63, 3.8) is 0 Å². The lowest BCUT2D eigenvalue weighted by atomic mass is 10.1. The van der Waals surface area contributed by atoms with Crippen LogP contribution >= 0.6 is 11.3 Å². The minimum Gasteiger partial charge on any atom is -0.333 e. The molecule has 2 aromatic rings. The van der Waals surface area contributed by atoms with Crippen molar-refractivity contribution < 1.29 is 4.79 Å². The lowest BCUT2D eigenvalue weighted by Gasteiger charge is -2.19. The number of hydrogen-bond donors (Lipinski definition) is 2. The number of nitrogens with one attached hydrogen (secondary N) is 2. The molecule has 2 N–H and O–H groups in total. The van der Waals surface area contributed by atoms with E-state index in [1.54, 1.807) is 0 Å². The summed E-state index contributed by atoms with van der Waals surface area (Å²) in [6, 6.07) is 3.97. The number of aromatic nitrogens is 1. The van der Waals surface area contributed by atoms with Gasteiger partial charge in [-0.1, -0.05) is 17.4 Å². The number of anilines is 1. The molecule has 19 heavy (non-hydrogen) atoms. The van der Waals surface area contributed by atoms with Crippen LogP contribution in [0.15, 0.2) is 12.1 Å². The minimum absolute atomic E-state index is 0.221. The van der Waals surface area contributed by atoms with Gasteiger partial charge in [-0.2, -0.15) is 0 Å². The van der Waals surface area contributed by atoms with Gasteiger partial charge in [0.2, 0.25) is 0 Å². The molecule has 0 aliphatic carbocycles. The minimum atomic E-state index is -0.257. The number of thiazole rings is 1. The van der Waals surface area contributed by atoms with Crippen LogP contribution in [0.2, 0.25) is 0 Å². The van der Waals surface area contributed by atoms with Gasteiger partial charge in [0, 0.05) is 5.54 Å². The van der Waals surface area contributed by atoms with E-state index in [1.807, 2.05) is 27.7 Å². The van der Waals surface area contributed by atoms with Gasteiger partial charge in [-0.3, -0.25) is 5.32 Å². The Kier molecular flexibility index (Phi) is 3.49. The van der Waals surface area contributed by atoms with Gasteiger partial charge in [0.15, 0.2) is 5.13 Å². The van der Waals surface area contributed by atoms with Crippen molar-refractivity contribution in [2.75, 3.05) is 5.32 Å². The van der Waals surface area contributed by atoms with Gasteiger partial charge in [-0.25, -0.2) is 9.78 Å². The molecular weight excluding hydrogens is 258 g/mol. The number of urea groups is 1. The molecule has 0 fully saturated rings. The summed E-state index contributed by atoms with van der Waals surface area (Å²) in [6.07, 6.45) is 0. The number of fused-ring (bicyclic) bond motifs is 1. The molecule has 102 valence electrons. The fourth-order valence-electron chi connectivity index (χ4n) is 1.89. The molecule has 0 spiro atoms. The van der Waals surface area contributed by atoms with Crippen molar-refractivity contribution in [1.82, 2.24) is 10.3 Å². The highest BCUT2D eigenvalue weighted by Crippen LogP contribution is 2.29. The first-order valence-electron chi connectivity index (χ1n) is 6.21. The predicted octanol–water partition coefficient (Wildman–Crippen LogP) is 3.83. The van der Waals surface area contributed by atoms with Gasteiger partial charge < -0.3 is 5.32 Å². The number of rotatable bonds is 1. The van der Waals surface area contributed by atoms with Crippen molar-refractivity contribution in [2.24, 2.45) is 0 Å². The van der Waals surface area contributed by atoms with Gasteiger partial charge in [0.25, 0.3) is 0 Å². The third-order valence-corrected chi connectivity index (χ3v) is 3.46. The summed E-state index contributed by atoms with van der Waals surface area (Å²) in [5.74, 6) is 0. The summed E-state index contributed by atoms with van der Waals surface area (Å²) >= 11 is 1.50. The quantitative estimate of drug-likeness (QED) is 0.832. The van der Waals surface area contributed by atoms with E-state index in [2.05, 4.69) is 34.7 Å². The van der Waals surface area contributed by atoms with Gasteiger partial charge >= 0.3 is 6.03 Å². The standard InChI is InChI=1S/C14H19N3OS/c1-8-6-9(2)11-10(7-8)19-13(15-11)16-12(18)17-14(3,4)5/h6-7H,1-5H3,(H2,15,16,17,18). The van der Waals surface area contributed by atoms with Crippen LogP contribution in [0.3, 0.4) is 0 Å². The van der Waals surface area contributed by atoms with Gasteiger partial charge in [0.1, 0.15) is 0 Å². The molecule has 0 unspecified atom stereocenters. The summed E-state index contributed by atoms with van der Waals surface area (Å²) in [5.41, 5.74) is 3.05. The normalized spacial score (nSPS) is 11.6. The zero-order valence-electron chi connectivity index (χ0n) is 11.9. The zero-order chi connectivity index (χ0) is 14.2. The van der Waals surface area contributed by atoms with Gasteiger partial charge in [0.05, 0.1) is 10.2 Å². The van der Waals surface area contributed by atoms with Crippen molar-refractivity contribution in [2.45, 2.75) is 40.2 Å². The van der Waals surface area contributed by atoms with Crippen molar-refractivity contribution in [1.29, 1.82) is 0 Å². The zero-order valence-corrected chi connectivity index (χ0v) is 12.7. The molecule has 0 bridgehead atoms. The summed E-state index contributed by atoms with van der Waals surface area (Å²) in [6.45, 7) is 9.93. The van der Waals surface area contributed by atoms with Crippen molar-refractivity contribution in [3.05, 3.63) is 23.3 Å². The molecule has 1 aromatic carbocycles. The first kappa shape index (κ1) is 13.8. The SMILES string of the molecule is Cc1cc(C)c2nc(NC(=O)NC(C)(C)C)sc2c1. The number of aryl methyl sites for hydroxylation is 2. The van der Waals surface area contributed by atoms with Crippen LogP contribution in [0.4, 0.5) is 9.93 Å². The topological polar surface area (TPSA) is 54.0 Å². The number of carbonyl (C=O) groups excluding carboxylic acids is 1. The molecule has 1 heterocycles.